The molecule has 3 N–H and O–H groups in total. The molecule has 12 heteroatoms. The molecule has 0 spiro atoms. The third kappa shape index (κ3) is 7.62. The van der Waals surface area contributed by atoms with Gasteiger partial charge in [0.25, 0.3) is 0 Å². The van der Waals surface area contributed by atoms with Crippen LogP contribution in [-0.2, 0) is 14.3 Å². The zero-order valence-electron chi connectivity index (χ0n) is 15.5. The van der Waals surface area contributed by atoms with Crippen LogP contribution in [0.25, 0.3) is 0 Å². The molecule has 0 radical (unpaired) electrons. The average Bonchev–Trinajstić information content (AvgIpc) is 2.70. The molecule has 162 valence electrons. The Kier molecular flexibility index (Phi) is 9.80. The van der Waals surface area contributed by atoms with Crippen molar-refractivity contribution in [3.8, 4) is 0 Å². The molecule has 0 fully saturated rings. The van der Waals surface area contributed by atoms with Crippen LogP contribution < -0.4 is 11.1 Å². The number of hydrogen-bond donors (Lipinski definition) is 2. The van der Waals surface area contributed by atoms with E-state index in [-0.39, 0.29) is 17.2 Å². The number of nitrogen functional groups attached to an aromatic ring is 1. The number of ether oxygens (including phenoxy) is 2. The molecule has 7 nitrogen and oxygen atoms in total. The van der Waals surface area contributed by atoms with Crippen molar-refractivity contribution in [1.29, 1.82) is 0 Å². The fourth-order valence-corrected chi connectivity index (χ4v) is 2.99. The van der Waals surface area contributed by atoms with E-state index in [0.717, 1.165) is 3.57 Å². The van der Waals surface area contributed by atoms with Gasteiger partial charge in [0.2, 0.25) is 0 Å². The van der Waals surface area contributed by atoms with Gasteiger partial charge in [0.1, 0.15) is 0 Å². The molecule has 2 aromatic carbocycles. The number of halogens is 5. The Morgan fingerprint density at radius 2 is 1.37 bits per heavy atom. The Morgan fingerprint density at radius 3 is 1.77 bits per heavy atom. The number of hydrogen-bond acceptors (Lipinski definition) is 6. The number of amides is 1. The smallest absolute Gasteiger partial charge is 0.465 e. The van der Waals surface area contributed by atoms with Gasteiger partial charge >= 0.3 is 24.0 Å². The highest BCUT2D eigenvalue weighted by atomic mass is 127. The van der Waals surface area contributed by atoms with E-state index in [4.69, 9.17) is 5.73 Å². The molecule has 1 amide bonds. The quantitative estimate of drug-likeness (QED) is 0.293. The van der Waals surface area contributed by atoms with Gasteiger partial charge in [-0.25, -0.2) is 9.59 Å². The first-order chi connectivity index (χ1) is 13.9. The zero-order chi connectivity index (χ0) is 23.1. The normalized spacial score (nSPS) is 10.4. The number of alkyl halides is 3. The molecule has 30 heavy (non-hydrogen) atoms. The first-order valence-electron chi connectivity index (χ1n) is 7.80. The van der Waals surface area contributed by atoms with E-state index >= 15 is 0 Å². The lowest BCUT2D eigenvalue weighted by Crippen LogP contribution is -2.30. The maximum Gasteiger partial charge on any atom is 0.471 e. The van der Waals surface area contributed by atoms with Gasteiger partial charge in [-0.1, -0.05) is 0 Å². The van der Waals surface area contributed by atoms with Crippen LogP contribution in [0.4, 0.5) is 24.5 Å². The van der Waals surface area contributed by atoms with E-state index in [2.05, 4.69) is 32.1 Å². The van der Waals surface area contributed by atoms with E-state index in [1.165, 1.54) is 32.4 Å². The number of esters is 2. The van der Waals surface area contributed by atoms with E-state index in [1.807, 2.05) is 0 Å². The lowest BCUT2D eigenvalue weighted by Gasteiger charge is -2.10. The van der Waals surface area contributed by atoms with Gasteiger partial charge in [0.15, 0.2) is 0 Å². The average molecular weight is 650 g/mol. The van der Waals surface area contributed by atoms with E-state index in [9.17, 15) is 27.6 Å². The molecule has 0 aromatic heterocycles. The molecule has 0 aliphatic carbocycles. The van der Waals surface area contributed by atoms with Crippen LogP contribution in [0.5, 0.6) is 0 Å². The standard InChI is InChI=1S/C10H7F3INO3.C8H8INO2/c1-18-8(16)5-2-3-7(6(14)4-5)15-9(17)10(11,12)13;1-12-8(11)5-2-3-7(10)6(9)4-5/h2-4H,1H3,(H,15,17);2-4H,10H2,1H3. The number of carbonyl (C=O) groups excluding carboxylic acids is 3. The summed E-state index contributed by atoms with van der Waals surface area (Å²) in [7, 11) is 2.54. The second-order valence-electron chi connectivity index (χ2n) is 5.37. The van der Waals surface area contributed by atoms with Crippen molar-refractivity contribution < 1.29 is 37.0 Å². The molecule has 0 saturated carbocycles. The number of carbonyl (C=O) groups is 3. The maximum absolute atomic E-state index is 12.0. The number of anilines is 2. The number of benzene rings is 2. The zero-order valence-corrected chi connectivity index (χ0v) is 19.8. The van der Waals surface area contributed by atoms with Crippen LogP contribution >= 0.6 is 45.2 Å². The summed E-state index contributed by atoms with van der Waals surface area (Å²) < 4.78 is 46.3. The lowest BCUT2D eigenvalue weighted by atomic mass is 10.2. The molecule has 0 atom stereocenters. The minimum atomic E-state index is -4.95. The van der Waals surface area contributed by atoms with Crippen LogP contribution in [-0.4, -0.2) is 38.2 Å². The fraction of sp³-hybridized carbons (Fsp3) is 0.167. The van der Waals surface area contributed by atoms with Crippen LogP contribution in [0.15, 0.2) is 36.4 Å². The molecule has 0 bridgehead atoms. The molecule has 0 aliphatic heterocycles. The van der Waals surface area contributed by atoms with Gasteiger partial charge in [-0.05, 0) is 81.6 Å². The van der Waals surface area contributed by atoms with Crippen LogP contribution in [0.2, 0.25) is 0 Å². The minimum absolute atomic E-state index is 0.0226. The lowest BCUT2D eigenvalue weighted by molar-refractivity contribution is -0.167. The number of methoxy groups -OCH3 is 2. The Labute approximate surface area is 196 Å². The number of nitrogens with two attached hydrogens (primary N) is 1. The van der Waals surface area contributed by atoms with Crippen molar-refractivity contribution in [3.05, 3.63) is 54.7 Å². The third-order valence-electron chi connectivity index (χ3n) is 3.32. The van der Waals surface area contributed by atoms with Crippen molar-refractivity contribution in [2.75, 3.05) is 25.3 Å². The molecule has 2 rings (SSSR count). The van der Waals surface area contributed by atoms with Gasteiger partial charge in [-0.2, -0.15) is 13.2 Å². The predicted molar refractivity (Wildman–Crippen MR) is 120 cm³/mol. The summed E-state index contributed by atoms with van der Waals surface area (Å²) in [6, 6.07) is 8.81. The Bertz CT molecular complexity index is 952. The van der Waals surface area contributed by atoms with Gasteiger partial charge in [-0.3, -0.25) is 4.79 Å². The SMILES string of the molecule is COC(=O)c1ccc(N)c(I)c1.COC(=O)c1ccc(NC(=O)C(F)(F)F)c(I)c1. The first kappa shape index (κ1) is 25.9. The second-order valence-corrected chi connectivity index (χ2v) is 7.69. The molecular weight excluding hydrogens is 635 g/mol. The van der Waals surface area contributed by atoms with Crippen molar-refractivity contribution >= 4 is 74.4 Å². The largest absolute Gasteiger partial charge is 0.471 e. The van der Waals surface area contributed by atoms with E-state index in [1.54, 1.807) is 46.1 Å². The summed E-state index contributed by atoms with van der Waals surface area (Å²) in [6.07, 6.45) is -4.95. The fourth-order valence-electron chi connectivity index (χ4n) is 1.83. The third-order valence-corrected chi connectivity index (χ3v) is 5.14. The van der Waals surface area contributed by atoms with E-state index in [0.29, 0.717) is 14.8 Å². The highest BCUT2D eigenvalue weighted by Crippen LogP contribution is 2.23. The monoisotopic (exact) mass is 650 g/mol. The van der Waals surface area contributed by atoms with E-state index < -0.39 is 18.1 Å². The van der Waals surface area contributed by atoms with Gasteiger partial charge in [0.05, 0.1) is 31.0 Å². The van der Waals surface area contributed by atoms with Crippen molar-refractivity contribution in [2.24, 2.45) is 0 Å². The van der Waals surface area contributed by atoms with Crippen molar-refractivity contribution in [2.45, 2.75) is 6.18 Å². The van der Waals surface area contributed by atoms with Gasteiger partial charge in [0, 0.05) is 12.8 Å². The summed E-state index contributed by atoms with van der Waals surface area (Å²) in [5, 5.41) is 1.71. The maximum atomic E-state index is 12.0. The minimum Gasteiger partial charge on any atom is -0.465 e. The van der Waals surface area contributed by atoms with Crippen molar-refractivity contribution in [1.82, 2.24) is 0 Å². The molecule has 0 heterocycles. The molecule has 2 aromatic rings. The Hall–Kier alpha value is -2.10. The highest BCUT2D eigenvalue weighted by Gasteiger charge is 2.38. The highest BCUT2D eigenvalue weighted by molar-refractivity contribution is 14.1. The first-order valence-corrected chi connectivity index (χ1v) is 9.95. The Balaban J connectivity index is 0.000000325. The summed E-state index contributed by atoms with van der Waals surface area (Å²) >= 11 is 3.77. The molecular formula is C18H15F3I2N2O5. The summed E-state index contributed by atoms with van der Waals surface area (Å²) in [6.45, 7) is 0. The van der Waals surface area contributed by atoms with Crippen LogP contribution in [0.3, 0.4) is 0 Å². The summed E-state index contributed by atoms with van der Waals surface area (Å²) in [5.74, 6) is -3.01. The summed E-state index contributed by atoms with van der Waals surface area (Å²) in [4.78, 5) is 32.9. The number of rotatable bonds is 3. The van der Waals surface area contributed by atoms with Gasteiger partial charge < -0.3 is 20.5 Å². The Morgan fingerprint density at radius 1 is 0.900 bits per heavy atom. The van der Waals surface area contributed by atoms with Crippen LogP contribution in [0.1, 0.15) is 20.7 Å². The van der Waals surface area contributed by atoms with Gasteiger partial charge in [-0.15, -0.1) is 0 Å². The second kappa shape index (κ2) is 11.3. The topological polar surface area (TPSA) is 108 Å². The molecule has 0 unspecified atom stereocenters. The number of nitrogens with one attached hydrogen (secondary N) is 1. The predicted octanol–water partition coefficient (Wildman–Crippen LogP) is 4.24. The molecule has 0 saturated heterocycles. The summed E-state index contributed by atoms with van der Waals surface area (Å²) in [5.41, 5.74) is 6.93. The molecule has 0 aliphatic rings. The van der Waals surface area contributed by atoms with Crippen LogP contribution in [0, 0.1) is 7.14 Å². The van der Waals surface area contributed by atoms with Crippen molar-refractivity contribution in [3.63, 3.8) is 0 Å².